The van der Waals surface area contributed by atoms with Gasteiger partial charge in [-0.05, 0) is 58.0 Å². The molecule has 0 aliphatic rings. The van der Waals surface area contributed by atoms with Crippen LogP contribution in [0, 0.1) is 13.8 Å². The van der Waals surface area contributed by atoms with Crippen molar-refractivity contribution < 1.29 is 31.5 Å². The lowest BCUT2D eigenvalue weighted by molar-refractivity contribution is -0.0000413. The fraction of sp³-hybridized carbons (Fsp3) is 0.316. The van der Waals surface area contributed by atoms with Gasteiger partial charge in [-0.3, -0.25) is 4.98 Å². The first kappa shape index (κ1) is 21.4. The van der Waals surface area contributed by atoms with Gasteiger partial charge in [0.2, 0.25) is 0 Å². The van der Waals surface area contributed by atoms with E-state index in [1.54, 1.807) is 51.1 Å². The number of pyridine rings is 1. The summed E-state index contributed by atoms with van der Waals surface area (Å²) in [6.07, 6.45) is 0. The van der Waals surface area contributed by atoms with Gasteiger partial charge in [0.15, 0.2) is 0 Å². The standard InChI is InChI=1S/C19H22N2O4.ClH/c1-5-24-18(22)14-7-9-15(10-8-14)21-16-11-12(3)20-13(4)17(16)19(23)25-6-2;/h7-11H,5-6H2,1-4H3,(H,20,21);1H/p-1. The summed E-state index contributed by atoms with van der Waals surface area (Å²) in [6.45, 7) is 7.78. The molecule has 0 saturated heterocycles. The normalized spacial score (nSPS) is 9.85. The van der Waals surface area contributed by atoms with Crippen LogP contribution < -0.4 is 17.7 Å². The van der Waals surface area contributed by atoms with Crippen LogP contribution in [0.3, 0.4) is 0 Å². The molecular formula is C19H22ClN2O4-. The van der Waals surface area contributed by atoms with E-state index in [2.05, 4.69) is 10.3 Å². The van der Waals surface area contributed by atoms with Gasteiger partial charge in [0.05, 0.1) is 30.2 Å². The molecule has 7 heteroatoms. The van der Waals surface area contributed by atoms with Gasteiger partial charge in [0.1, 0.15) is 5.56 Å². The van der Waals surface area contributed by atoms with E-state index in [-0.39, 0.29) is 18.4 Å². The van der Waals surface area contributed by atoms with Crippen molar-refractivity contribution in [1.82, 2.24) is 4.98 Å². The SMILES string of the molecule is CCOC(=O)c1ccc(Nc2cc(C)nc(C)c2C(=O)OCC)cc1.[Cl-]. The number of benzene rings is 1. The maximum absolute atomic E-state index is 12.2. The molecule has 0 unspecified atom stereocenters. The van der Waals surface area contributed by atoms with Gasteiger partial charge in [-0.1, -0.05) is 0 Å². The number of rotatable bonds is 6. The summed E-state index contributed by atoms with van der Waals surface area (Å²) in [6, 6.07) is 8.65. The Kier molecular flexibility index (Phi) is 8.06. The Morgan fingerprint density at radius 2 is 1.58 bits per heavy atom. The second-order valence-electron chi connectivity index (χ2n) is 5.41. The van der Waals surface area contributed by atoms with Crippen LogP contribution >= 0.6 is 0 Å². The molecule has 1 aromatic heterocycles. The van der Waals surface area contributed by atoms with Gasteiger partial charge in [-0.15, -0.1) is 0 Å². The van der Waals surface area contributed by atoms with Crippen LogP contribution in [-0.2, 0) is 9.47 Å². The topological polar surface area (TPSA) is 77.5 Å². The average Bonchev–Trinajstić information content (AvgIpc) is 2.55. The van der Waals surface area contributed by atoms with E-state index in [4.69, 9.17) is 9.47 Å². The highest BCUT2D eigenvalue weighted by molar-refractivity contribution is 5.98. The Balaban J connectivity index is 0.00000338. The van der Waals surface area contributed by atoms with Crippen LogP contribution in [0.25, 0.3) is 0 Å². The Bertz CT molecular complexity index is 776. The Morgan fingerprint density at radius 1 is 1.00 bits per heavy atom. The molecule has 0 spiro atoms. The number of nitrogens with zero attached hydrogens (tertiary/aromatic N) is 1. The van der Waals surface area contributed by atoms with E-state index in [1.807, 2.05) is 6.92 Å². The van der Waals surface area contributed by atoms with E-state index >= 15 is 0 Å². The molecule has 0 radical (unpaired) electrons. The second-order valence-corrected chi connectivity index (χ2v) is 5.41. The molecule has 6 nitrogen and oxygen atoms in total. The van der Waals surface area contributed by atoms with Crippen LogP contribution in [0.5, 0.6) is 0 Å². The summed E-state index contributed by atoms with van der Waals surface area (Å²) in [7, 11) is 0. The number of aromatic nitrogens is 1. The number of hydrogen-bond acceptors (Lipinski definition) is 6. The minimum atomic E-state index is -0.418. The van der Waals surface area contributed by atoms with Crippen molar-refractivity contribution in [3.05, 3.63) is 52.8 Å². The number of carbonyl (C=O) groups is 2. The zero-order chi connectivity index (χ0) is 18.4. The van der Waals surface area contributed by atoms with E-state index in [0.717, 1.165) is 11.4 Å². The van der Waals surface area contributed by atoms with Crippen molar-refractivity contribution in [2.75, 3.05) is 18.5 Å². The highest BCUT2D eigenvalue weighted by atomic mass is 35.5. The second kappa shape index (κ2) is 9.77. The number of halogens is 1. The molecule has 0 atom stereocenters. The van der Waals surface area contributed by atoms with Crippen LogP contribution in [0.1, 0.15) is 46.0 Å². The van der Waals surface area contributed by atoms with Gasteiger partial charge in [0.25, 0.3) is 0 Å². The Morgan fingerprint density at radius 3 is 2.15 bits per heavy atom. The van der Waals surface area contributed by atoms with Gasteiger partial charge >= 0.3 is 11.9 Å². The highest BCUT2D eigenvalue weighted by Crippen LogP contribution is 2.25. The van der Waals surface area contributed by atoms with E-state index < -0.39 is 5.97 Å². The molecule has 1 aromatic carbocycles. The molecule has 140 valence electrons. The maximum atomic E-state index is 12.2. The minimum Gasteiger partial charge on any atom is -1.00 e. The van der Waals surface area contributed by atoms with Crippen molar-refractivity contribution in [3.8, 4) is 0 Å². The summed E-state index contributed by atoms with van der Waals surface area (Å²) in [5, 5.41) is 3.20. The van der Waals surface area contributed by atoms with Crippen LogP contribution in [0.15, 0.2) is 30.3 Å². The van der Waals surface area contributed by atoms with E-state index in [0.29, 0.717) is 35.7 Å². The van der Waals surface area contributed by atoms with E-state index in [1.165, 1.54) is 0 Å². The first-order chi connectivity index (χ1) is 12.0. The highest BCUT2D eigenvalue weighted by Gasteiger charge is 2.18. The summed E-state index contributed by atoms with van der Waals surface area (Å²) >= 11 is 0. The predicted octanol–water partition coefficient (Wildman–Crippen LogP) is 0.799. The zero-order valence-electron chi connectivity index (χ0n) is 15.3. The van der Waals surface area contributed by atoms with Gasteiger partial charge in [-0.25, -0.2) is 9.59 Å². The lowest BCUT2D eigenvalue weighted by Gasteiger charge is -2.14. The zero-order valence-corrected chi connectivity index (χ0v) is 16.0. The van der Waals surface area contributed by atoms with Crippen LogP contribution in [0.4, 0.5) is 11.4 Å². The molecule has 1 heterocycles. The molecular weight excluding hydrogens is 356 g/mol. The quantitative estimate of drug-likeness (QED) is 0.750. The molecule has 26 heavy (non-hydrogen) atoms. The molecule has 0 bridgehead atoms. The van der Waals surface area contributed by atoms with E-state index in [9.17, 15) is 9.59 Å². The lowest BCUT2D eigenvalue weighted by atomic mass is 10.1. The summed E-state index contributed by atoms with van der Waals surface area (Å²) in [5.41, 5.74) is 3.62. The fourth-order valence-corrected chi connectivity index (χ4v) is 2.45. The molecule has 0 amide bonds. The third-order valence-electron chi connectivity index (χ3n) is 3.48. The smallest absolute Gasteiger partial charge is 0.342 e. The molecule has 2 aromatic rings. The monoisotopic (exact) mass is 377 g/mol. The van der Waals surface area contributed by atoms with Crippen molar-refractivity contribution in [1.29, 1.82) is 0 Å². The number of carbonyl (C=O) groups excluding carboxylic acids is 2. The number of nitrogens with one attached hydrogen (secondary N) is 1. The Hall–Kier alpha value is -2.60. The molecule has 0 aliphatic carbocycles. The molecule has 0 saturated carbocycles. The fourth-order valence-electron chi connectivity index (χ4n) is 2.45. The number of aryl methyl sites for hydroxylation is 2. The molecule has 1 N–H and O–H groups in total. The lowest BCUT2D eigenvalue weighted by Crippen LogP contribution is -3.00. The first-order valence-electron chi connectivity index (χ1n) is 8.15. The van der Waals surface area contributed by atoms with Gasteiger partial charge in [-0.2, -0.15) is 0 Å². The van der Waals surface area contributed by atoms with Crippen LogP contribution in [-0.4, -0.2) is 30.1 Å². The maximum Gasteiger partial charge on any atom is 0.342 e. The Labute approximate surface area is 159 Å². The van der Waals surface area contributed by atoms with Crippen LogP contribution in [0.2, 0.25) is 0 Å². The molecule has 0 fully saturated rings. The number of ether oxygens (including phenoxy) is 2. The van der Waals surface area contributed by atoms with Gasteiger partial charge in [0, 0.05) is 11.4 Å². The van der Waals surface area contributed by atoms with Gasteiger partial charge < -0.3 is 27.2 Å². The van der Waals surface area contributed by atoms with Crippen molar-refractivity contribution >= 4 is 23.3 Å². The first-order valence-corrected chi connectivity index (χ1v) is 8.15. The molecule has 0 aliphatic heterocycles. The largest absolute Gasteiger partial charge is 1.00 e. The third-order valence-corrected chi connectivity index (χ3v) is 3.48. The molecule has 2 rings (SSSR count). The number of hydrogen-bond donors (Lipinski definition) is 1. The number of anilines is 2. The van der Waals surface area contributed by atoms with Crippen molar-refractivity contribution in [3.63, 3.8) is 0 Å². The third kappa shape index (κ3) is 5.20. The van der Waals surface area contributed by atoms with Crippen molar-refractivity contribution in [2.45, 2.75) is 27.7 Å². The van der Waals surface area contributed by atoms with Crippen molar-refractivity contribution in [2.24, 2.45) is 0 Å². The summed E-state index contributed by atoms with van der Waals surface area (Å²) in [5.74, 6) is -0.782. The minimum absolute atomic E-state index is 0. The summed E-state index contributed by atoms with van der Waals surface area (Å²) in [4.78, 5) is 28.3. The summed E-state index contributed by atoms with van der Waals surface area (Å²) < 4.78 is 10.1. The predicted molar refractivity (Wildman–Crippen MR) is 95.3 cm³/mol. The average molecular weight is 378 g/mol. The number of esters is 2.